The molecule has 9 nitrogen and oxygen atoms in total. The third kappa shape index (κ3) is 14.5. The first-order valence-corrected chi connectivity index (χ1v) is 19.1. The van der Waals surface area contributed by atoms with Gasteiger partial charge in [0.1, 0.15) is 18.1 Å². The molecule has 0 spiro atoms. The number of terminal acetylenes is 1. The van der Waals surface area contributed by atoms with Crippen molar-refractivity contribution in [2.75, 3.05) is 85.9 Å². The normalized spacial score (nSPS) is 13.3. The highest BCUT2D eigenvalue weighted by molar-refractivity contribution is 6.74. The van der Waals surface area contributed by atoms with Crippen LogP contribution < -0.4 is 9.47 Å². The molecule has 258 valence electrons. The van der Waals surface area contributed by atoms with Gasteiger partial charge in [0.15, 0.2) is 13.9 Å². The third-order valence-corrected chi connectivity index (χ3v) is 12.2. The van der Waals surface area contributed by atoms with Crippen LogP contribution in [0, 0.1) is 12.3 Å². The minimum absolute atomic E-state index is 0.210. The molecule has 0 amide bonds. The summed E-state index contributed by atoms with van der Waals surface area (Å²) in [6, 6.07) is 14.3. The third-order valence-electron chi connectivity index (χ3n) is 7.71. The van der Waals surface area contributed by atoms with Gasteiger partial charge in [-0.25, -0.2) is 0 Å². The molecule has 2 rings (SSSR count). The summed E-state index contributed by atoms with van der Waals surface area (Å²) in [4.78, 5) is 0. The van der Waals surface area contributed by atoms with Crippen molar-refractivity contribution in [3.05, 3.63) is 59.7 Å². The summed E-state index contributed by atoms with van der Waals surface area (Å²) >= 11 is 0. The van der Waals surface area contributed by atoms with Crippen molar-refractivity contribution in [1.82, 2.24) is 0 Å². The molecule has 46 heavy (non-hydrogen) atoms. The Balaban J connectivity index is 1.44. The van der Waals surface area contributed by atoms with Crippen molar-refractivity contribution in [2.24, 2.45) is 0 Å². The molecule has 10 heteroatoms. The van der Waals surface area contributed by atoms with Crippen molar-refractivity contribution < 1.29 is 42.7 Å². The van der Waals surface area contributed by atoms with Crippen molar-refractivity contribution in [3.8, 4) is 23.8 Å². The van der Waals surface area contributed by atoms with Crippen molar-refractivity contribution in [3.63, 3.8) is 0 Å². The van der Waals surface area contributed by atoms with Crippen LogP contribution in [0.5, 0.6) is 11.5 Å². The zero-order chi connectivity index (χ0) is 33.7. The van der Waals surface area contributed by atoms with Crippen LogP contribution >= 0.6 is 0 Å². The number of ether oxygens (including phenoxy) is 7. The Labute approximate surface area is 277 Å². The quantitative estimate of drug-likeness (QED) is 0.0803. The highest BCUT2D eigenvalue weighted by atomic mass is 28.4. The molecule has 1 atom stereocenters. The van der Waals surface area contributed by atoms with Crippen LogP contribution in [0.15, 0.2) is 48.5 Å². The molecule has 2 aromatic rings. The lowest BCUT2D eigenvalue weighted by molar-refractivity contribution is -0.0144. The van der Waals surface area contributed by atoms with Gasteiger partial charge in [0.05, 0.1) is 79.3 Å². The maximum absolute atomic E-state index is 11.2. The lowest BCUT2D eigenvalue weighted by atomic mass is 9.87. The molecule has 0 radical (unpaired) electrons. The van der Waals surface area contributed by atoms with E-state index < -0.39 is 13.9 Å². The van der Waals surface area contributed by atoms with Gasteiger partial charge in [-0.2, -0.15) is 0 Å². The average Bonchev–Trinajstić information content (AvgIpc) is 3.04. The van der Waals surface area contributed by atoms with Crippen LogP contribution in [-0.4, -0.2) is 99.3 Å². The number of benzene rings is 2. The van der Waals surface area contributed by atoms with Gasteiger partial charge < -0.3 is 42.7 Å². The number of aliphatic hydroxyl groups is 1. The molecular weight excluding hydrogens is 604 g/mol. The molecule has 0 fully saturated rings. The molecule has 2 aromatic carbocycles. The van der Waals surface area contributed by atoms with E-state index in [4.69, 9.17) is 44.0 Å². The Hall–Kier alpha value is -2.46. The van der Waals surface area contributed by atoms with E-state index >= 15 is 0 Å². The van der Waals surface area contributed by atoms with Crippen molar-refractivity contribution >= 4 is 8.32 Å². The smallest absolute Gasteiger partial charge is 0.192 e. The molecule has 0 aliphatic rings. The van der Waals surface area contributed by atoms with E-state index in [1.54, 1.807) is 36.4 Å². The molecule has 0 bridgehead atoms. The van der Waals surface area contributed by atoms with Crippen LogP contribution in [0.25, 0.3) is 0 Å². The van der Waals surface area contributed by atoms with Gasteiger partial charge in [-0.05, 0) is 48.8 Å². The van der Waals surface area contributed by atoms with E-state index in [9.17, 15) is 5.11 Å². The van der Waals surface area contributed by atoms with Crippen LogP contribution in [0.4, 0.5) is 0 Å². The van der Waals surface area contributed by atoms with Crippen molar-refractivity contribution in [2.45, 2.75) is 57.8 Å². The standard InChI is InChI=1S/C36H56O9Si/c1-8-18-43-33-14-10-31(11-15-33)36(37,9-2)32-12-16-34(17-13-32)44-29-27-41-25-23-39-21-19-38-20-22-40-24-26-42-28-30-45-46(6,7)35(3,4)5/h2,10-17,37H,8,18-30H2,1,3-7H3. The zero-order valence-corrected chi connectivity index (χ0v) is 29.8. The summed E-state index contributed by atoms with van der Waals surface area (Å²) in [5, 5.41) is 11.4. The van der Waals surface area contributed by atoms with Gasteiger partial charge in [-0.15, -0.1) is 6.42 Å². The maximum Gasteiger partial charge on any atom is 0.192 e. The van der Waals surface area contributed by atoms with E-state index in [0.717, 1.165) is 12.2 Å². The number of hydrogen-bond donors (Lipinski definition) is 1. The summed E-state index contributed by atoms with van der Waals surface area (Å²) < 4.78 is 45.2. The predicted octanol–water partition coefficient (Wildman–Crippen LogP) is 5.83. The summed E-state index contributed by atoms with van der Waals surface area (Å²) in [6.45, 7) is 19.9. The summed E-state index contributed by atoms with van der Waals surface area (Å²) in [7, 11) is -1.71. The van der Waals surface area contributed by atoms with E-state index in [1.807, 2.05) is 19.1 Å². The average molecular weight is 661 g/mol. The van der Waals surface area contributed by atoms with Gasteiger partial charge in [-0.3, -0.25) is 0 Å². The molecule has 1 unspecified atom stereocenters. The molecule has 1 N–H and O–H groups in total. The first-order valence-electron chi connectivity index (χ1n) is 16.2. The maximum atomic E-state index is 11.2. The summed E-state index contributed by atoms with van der Waals surface area (Å²) in [5.41, 5.74) is -0.377. The van der Waals surface area contributed by atoms with Gasteiger partial charge in [0.25, 0.3) is 0 Å². The fourth-order valence-electron chi connectivity index (χ4n) is 3.91. The predicted molar refractivity (Wildman–Crippen MR) is 183 cm³/mol. The lowest BCUT2D eigenvalue weighted by Gasteiger charge is -2.36. The fourth-order valence-corrected chi connectivity index (χ4v) is 4.94. The second kappa shape index (κ2) is 21.4. The van der Waals surface area contributed by atoms with E-state index in [-0.39, 0.29) is 5.04 Å². The Morgan fingerprint density at radius 2 is 0.935 bits per heavy atom. The minimum atomic E-state index is -1.71. The fraction of sp³-hybridized carbons (Fsp3) is 0.611. The molecule has 0 aromatic heterocycles. The summed E-state index contributed by atoms with van der Waals surface area (Å²) in [5.74, 6) is 3.93. The highest BCUT2D eigenvalue weighted by Crippen LogP contribution is 2.36. The molecular formula is C36H56O9Si. The number of rotatable bonds is 25. The number of hydrogen-bond acceptors (Lipinski definition) is 9. The summed E-state index contributed by atoms with van der Waals surface area (Å²) in [6.07, 6.45) is 6.67. The van der Waals surface area contributed by atoms with Crippen molar-refractivity contribution in [1.29, 1.82) is 0 Å². The molecule has 0 aliphatic heterocycles. The highest BCUT2D eigenvalue weighted by Gasteiger charge is 2.36. The molecule has 0 saturated heterocycles. The topological polar surface area (TPSA) is 94.1 Å². The van der Waals surface area contributed by atoms with E-state index in [2.05, 4.69) is 39.8 Å². The van der Waals surface area contributed by atoms with Gasteiger partial charge in [0, 0.05) is 11.1 Å². The van der Waals surface area contributed by atoms with Crippen LogP contribution in [0.3, 0.4) is 0 Å². The van der Waals surface area contributed by atoms with Gasteiger partial charge in [-0.1, -0.05) is 57.9 Å². The monoisotopic (exact) mass is 660 g/mol. The van der Waals surface area contributed by atoms with E-state index in [1.165, 1.54) is 0 Å². The second-order valence-corrected chi connectivity index (χ2v) is 17.1. The van der Waals surface area contributed by atoms with Crippen LogP contribution in [0.1, 0.15) is 45.2 Å². The zero-order valence-electron chi connectivity index (χ0n) is 28.8. The van der Waals surface area contributed by atoms with E-state index in [0.29, 0.717) is 103 Å². The molecule has 0 saturated carbocycles. The van der Waals surface area contributed by atoms with Gasteiger partial charge >= 0.3 is 0 Å². The second-order valence-electron chi connectivity index (χ2n) is 12.3. The Morgan fingerprint density at radius 3 is 1.28 bits per heavy atom. The van der Waals surface area contributed by atoms with Crippen LogP contribution in [0.2, 0.25) is 18.1 Å². The SMILES string of the molecule is C#CC(O)(c1ccc(OCCC)cc1)c1ccc(OCCOCCOCCOCCOCCOCCO[Si](C)(C)C(C)(C)C)cc1. The molecule has 0 aliphatic carbocycles. The van der Waals surface area contributed by atoms with Gasteiger partial charge in [0.2, 0.25) is 0 Å². The molecule has 0 heterocycles. The Kier molecular flexibility index (Phi) is 18.5. The lowest BCUT2D eigenvalue weighted by Crippen LogP contribution is -2.41. The first kappa shape index (κ1) is 39.7. The van der Waals surface area contributed by atoms with Crippen LogP contribution in [-0.2, 0) is 33.7 Å². The minimum Gasteiger partial charge on any atom is -0.494 e. The largest absolute Gasteiger partial charge is 0.494 e. The Morgan fingerprint density at radius 1 is 0.587 bits per heavy atom. The Bertz CT molecular complexity index is 1110. The first-order chi connectivity index (χ1) is 22.0.